The van der Waals surface area contributed by atoms with Crippen molar-refractivity contribution in [2.45, 2.75) is 38.6 Å². The first-order valence-electron chi connectivity index (χ1n) is 10.6. The van der Waals surface area contributed by atoms with E-state index >= 15 is 0 Å². The quantitative estimate of drug-likeness (QED) is 0.484. The Balaban J connectivity index is 1.34. The maximum absolute atomic E-state index is 13.1. The topological polar surface area (TPSA) is 64.0 Å². The maximum atomic E-state index is 13.1. The first kappa shape index (κ1) is 19.7. The van der Waals surface area contributed by atoms with Crippen molar-refractivity contribution in [3.8, 4) is 11.1 Å². The van der Waals surface area contributed by atoms with E-state index in [-0.39, 0.29) is 17.9 Å². The molecule has 5 nitrogen and oxygen atoms in total. The standard InChI is InChI=1S/C25H23N3O2S/c29-22(27-20-12-6-4-10-18(20)17-8-2-1-3-9-17)14-15-28-16-26-24-23(25(28)30)19-11-5-7-13-21(19)31-24/h1-4,6,8-10,12,16H,5,7,11,13-15H2,(H,27,29). The van der Waals surface area contributed by atoms with Gasteiger partial charge in [-0.2, -0.15) is 0 Å². The Hall–Kier alpha value is -3.25. The lowest BCUT2D eigenvalue weighted by Gasteiger charge is -2.12. The highest BCUT2D eigenvalue weighted by Crippen LogP contribution is 2.33. The predicted molar refractivity (Wildman–Crippen MR) is 126 cm³/mol. The number of carbonyl (C=O) groups excluding carboxylic acids is 1. The normalized spacial score (nSPS) is 13.2. The van der Waals surface area contributed by atoms with Gasteiger partial charge in [0.1, 0.15) is 4.83 Å². The van der Waals surface area contributed by atoms with Gasteiger partial charge in [0.15, 0.2) is 0 Å². The molecule has 2 aromatic carbocycles. The smallest absolute Gasteiger partial charge is 0.262 e. The van der Waals surface area contributed by atoms with Crippen LogP contribution in [0.3, 0.4) is 0 Å². The van der Waals surface area contributed by atoms with Crippen molar-refractivity contribution in [2.75, 3.05) is 5.32 Å². The van der Waals surface area contributed by atoms with E-state index in [4.69, 9.17) is 0 Å². The van der Waals surface area contributed by atoms with Crippen molar-refractivity contribution in [1.29, 1.82) is 0 Å². The SMILES string of the molecule is O=C(CCn1cnc2sc3c(c2c1=O)CCCC3)Nc1ccccc1-c1ccccc1. The Kier molecular flexibility index (Phi) is 5.38. The summed E-state index contributed by atoms with van der Waals surface area (Å²) in [4.78, 5) is 32.4. The molecule has 4 aromatic rings. The summed E-state index contributed by atoms with van der Waals surface area (Å²) in [5, 5.41) is 3.77. The van der Waals surface area contributed by atoms with E-state index in [0.717, 1.165) is 46.3 Å². The summed E-state index contributed by atoms with van der Waals surface area (Å²) in [5.74, 6) is -0.122. The molecule has 2 heterocycles. The minimum absolute atomic E-state index is 0.0260. The van der Waals surface area contributed by atoms with Crippen LogP contribution in [0.1, 0.15) is 29.7 Å². The summed E-state index contributed by atoms with van der Waals surface area (Å²) in [6.45, 7) is 0.311. The van der Waals surface area contributed by atoms with Crippen molar-refractivity contribution in [3.05, 3.63) is 81.7 Å². The van der Waals surface area contributed by atoms with E-state index in [2.05, 4.69) is 10.3 Å². The van der Waals surface area contributed by atoms with Crippen molar-refractivity contribution < 1.29 is 4.79 Å². The molecule has 0 fully saturated rings. The van der Waals surface area contributed by atoms with Gasteiger partial charge in [-0.25, -0.2) is 4.98 Å². The fourth-order valence-corrected chi connectivity index (χ4v) is 5.46. The number of hydrogen-bond acceptors (Lipinski definition) is 4. The zero-order chi connectivity index (χ0) is 21.2. The first-order chi connectivity index (χ1) is 15.2. The summed E-state index contributed by atoms with van der Waals surface area (Å²) < 4.78 is 1.58. The van der Waals surface area contributed by atoms with E-state index in [1.165, 1.54) is 16.9 Å². The van der Waals surface area contributed by atoms with E-state index in [1.807, 2.05) is 54.6 Å². The van der Waals surface area contributed by atoms with Gasteiger partial charge in [0.05, 0.1) is 11.7 Å². The molecule has 0 spiro atoms. The zero-order valence-corrected chi connectivity index (χ0v) is 18.0. The number of para-hydroxylation sites is 1. The van der Waals surface area contributed by atoms with E-state index < -0.39 is 0 Å². The summed E-state index contributed by atoms with van der Waals surface area (Å²) in [7, 11) is 0. The number of aromatic nitrogens is 2. The molecule has 31 heavy (non-hydrogen) atoms. The van der Waals surface area contributed by atoms with Gasteiger partial charge in [0.2, 0.25) is 5.91 Å². The van der Waals surface area contributed by atoms with Crippen molar-refractivity contribution >= 4 is 33.1 Å². The Bertz CT molecular complexity index is 1310. The third-order valence-corrected chi connectivity index (χ3v) is 7.01. The summed E-state index contributed by atoms with van der Waals surface area (Å²) in [5.41, 5.74) is 3.95. The van der Waals surface area contributed by atoms with Gasteiger partial charge in [0.25, 0.3) is 5.56 Å². The van der Waals surface area contributed by atoms with Crippen LogP contribution in [0, 0.1) is 0 Å². The summed E-state index contributed by atoms with van der Waals surface area (Å²) >= 11 is 1.64. The molecule has 5 rings (SSSR count). The lowest BCUT2D eigenvalue weighted by atomic mass is 9.97. The minimum Gasteiger partial charge on any atom is -0.325 e. The Morgan fingerprint density at radius 2 is 1.81 bits per heavy atom. The number of carbonyl (C=O) groups is 1. The van der Waals surface area contributed by atoms with Gasteiger partial charge in [-0.05, 0) is 42.9 Å². The van der Waals surface area contributed by atoms with Crippen LogP contribution in [0.25, 0.3) is 21.3 Å². The molecular formula is C25H23N3O2S. The van der Waals surface area contributed by atoms with E-state index in [9.17, 15) is 9.59 Å². The molecule has 0 bridgehead atoms. The number of nitrogens with zero attached hydrogens (tertiary/aromatic N) is 2. The van der Waals surface area contributed by atoms with Gasteiger partial charge >= 0.3 is 0 Å². The van der Waals surface area contributed by atoms with Crippen molar-refractivity contribution in [2.24, 2.45) is 0 Å². The molecule has 2 aromatic heterocycles. The molecule has 0 radical (unpaired) electrons. The molecule has 0 saturated heterocycles. The molecule has 156 valence electrons. The Morgan fingerprint density at radius 1 is 1.03 bits per heavy atom. The van der Waals surface area contributed by atoms with Gasteiger partial charge in [0, 0.05) is 29.1 Å². The van der Waals surface area contributed by atoms with Gasteiger partial charge in [-0.1, -0.05) is 48.5 Å². The molecule has 6 heteroatoms. The largest absolute Gasteiger partial charge is 0.325 e. The number of rotatable bonds is 5. The summed E-state index contributed by atoms with van der Waals surface area (Å²) in [6.07, 6.45) is 6.08. The number of nitrogens with one attached hydrogen (secondary N) is 1. The van der Waals surface area contributed by atoms with Crippen LogP contribution in [0.15, 0.2) is 65.7 Å². The monoisotopic (exact) mass is 429 g/mol. The fourth-order valence-electron chi connectivity index (χ4n) is 4.24. The third kappa shape index (κ3) is 3.91. The third-order valence-electron chi connectivity index (χ3n) is 5.81. The molecule has 1 amide bonds. The second-order valence-electron chi connectivity index (χ2n) is 7.84. The molecule has 0 aliphatic heterocycles. The summed E-state index contributed by atoms with van der Waals surface area (Å²) in [6, 6.07) is 17.7. The highest BCUT2D eigenvalue weighted by atomic mass is 32.1. The van der Waals surface area contributed by atoms with E-state index in [1.54, 1.807) is 22.2 Å². The predicted octanol–water partition coefficient (Wildman–Crippen LogP) is 5.03. The Labute approximate surface area is 184 Å². The van der Waals surface area contributed by atoms with Crippen LogP contribution in [0.5, 0.6) is 0 Å². The van der Waals surface area contributed by atoms with Crippen molar-refractivity contribution in [3.63, 3.8) is 0 Å². The van der Waals surface area contributed by atoms with Crippen LogP contribution < -0.4 is 10.9 Å². The van der Waals surface area contributed by atoms with Crippen LogP contribution in [0.4, 0.5) is 5.69 Å². The van der Waals surface area contributed by atoms with Gasteiger partial charge in [-0.3, -0.25) is 14.2 Å². The number of fused-ring (bicyclic) bond motifs is 3. The van der Waals surface area contributed by atoms with Gasteiger partial charge < -0.3 is 5.32 Å². The molecule has 1 aliphatic rings. The number of thiophene rings is 1. The average molecular weight is 430 g/mol. The first-order valence-corrected chi connectivity index (χ1v) is 11.5. The average Bonchev–Trinajstić information content (AvgIpc) is 3.19. The lowest BCUT2D eigenvalue weighted by molar-refractivity contribution is -0.116. The highest BCUT2D eigenvalue weighted by Gasteiger charge is 2.20. The Morgan fingerprint density at radius 3 is 2.68 bits per heavy atom. The number of hydrogen-bond donors (Lipinski definition) is 1. The van der Waals surface area contributed by atoms with E-state index in [0.29, 0.717) is 6.54 Å². The fraction of sp³-hybridized carbons (Fsp3) is 0.240. The number of amides is 1. The second kappa shape index (κ2) is 8.47. The van der Waals surface area contributed by atoms with Crippen LogP contribution in [-0.4, -0.2) is 15.5 Å². The molecule has 0 unspecified atom stereocenters. The molecule has 0 atom stereocenters. The highest BCUT2D eigenvalue weighted by molar-refractivity contribution is 7.18. The van der Waals surface area contributed by atoms with Crippen LogP contribution in [0.2, 0.25) is 0 Å². The number of aryl methyl sites for hydroxylation is 3. The second-order valence-corrected chi connectivity index (χ2v) is 8.93. The molecular weight excluding hydrogens is 406 g/mol. The van der Waals surface area contributed by atoms with Gasteiger partial charge in [-0.15, -0.1) is 11.3 Å². The van der Waals surface area contributed by atoms with Crippen LogP contribution in [-0.2, 0) is 24.2 Å². The molecule has 0 saturated carbocycles. The van der Waals surface area contributed by atoms with Crippen molar-refractivity contribution in [1.82, 2.24) is 9.55 Å². The zero-order valence-electron chi connectivity index (χ0n) is 17.1. The lowest BCUT2D eigenvalue weighted by Crippen LogP contribution is -2.24. The number of benzene rings is 2. The maximum Gasteiger partial charge on any atom is 0.262 e. The number of anilines is 1. The minimum atomic E-state index is -0.122. The molecule has 1 N–H and O–H groups in total. The van der Waals surface area contributed by atoms with Crippen LogP contribution >= 0.6 is 11.3 Å². The molecule has 1 aliphatic carbocycles.